The second-order valence-corrected chi connectivity index (χ2v) is 2.25. The average Bonchev–Trinajstić information content (AvgIpc) is 2.57. The van der Waals surface area contributed by atoms with Crippen molar-refractivity contribution >= 4 is 5.69 Å². The highest BCUT2D eigenvalue weighted by atomic mass is 15.3. The summed E-state index contributed by atoms with van der Waals surface area (Å²) < 4.78 is 1.59. The van der Waals surface area contributed by atoms with Gasteiger partial charge in [-0.3, -0.25) is 0 Å². The molecule has 5 heteroatoms. The quantitative estimate of drug-likeness (QED) is 0.650. The maximum atomic E-state index is 5.63. The topological polar surface area (TPSA) is 69.6 Å². The third-order valence-corrected chi connectivity index (χ3v) is 1.44. The Kier molecular flexibility index (Phi) is 1.48. The maximum absolute atomic E-state index is 5.63. The lowest BCUT2D eigenvalue weighted by Gasteiger charge is -2.01. The van der Waals surface area contributed by atoms with Crippen molar-refractivity contribution in [3.63, 3.8) is 0 Å². The molecule has 0 amide bonds. The molecule has 5 nitrogen and oxygen atoms in total. The Balaban J connectivity index is 2.55. The summed E-state index contributed by atoms with van der Waals surface area (Å²) in [5.41, 5.74) is 6.14. The molecule has 2 aromatic heterocycles. The molecule has 0 aliphatic heterocycles. The molecule has 0 aliphatic rings. The molecule has 0 saturated heterocycles. The first-order valence-corrected chi connectivity index (χ1v) is 3.43. The van der Waals surface area contributed by atoms with Crippen LogP contribution in [0.4, 0.5) is 5.69 Å². The Bertz CT molecular complexity index is 367. The molecule has 0 spiro atoms. The monoisotopic (exact) mass is 161 g/mol. The van der Waals surface area contributed by atoms with E-state index in [0.29, 0.717) is 11.5 Å². The Morgan fingerprint density at radius 2 is 2.33 bits per heavy atom. The second-order valence-electron chi connectivity index (χ2n) is 2.25. The van der Waals surface area contributed by atoms with Gasteiger partial charge in [-0.2, -0.15) is 5.10 Å². The van der Waals surface area contributed by atoms with Crippen LogP contribution in [0.2, 0.25) is 0 Å². The van der Waals surface area contributed by atoms with Gasteiger partial charge in [0.1, 0.15) is 6.33 Å². The van der Waals surface area contributed by atoms with E-state index in [9.17, 15) is 0 Å². The van der Waals surface area contributed by atoms with Gasteiger partial charge in [-0.05, 0) is 6.07 Å². The number of nitrogens with zero attached hydrogens (tertiary/aromatic N) is 4. The Morgan fingerprint density at radius 3 is 3.00 bits per heavy atom. The fraction of sp³-hybridized carbons (Fsp3) is 0. The summed E-state index contributed by atoms with van der Waals surface area (Å²) in [4.78, 5) is 7.76. The first kappa shape index (κ1) is 6.78. The van der Waals surface area contributed by atoms with Gasteiger partial charge in [0.25, 0.3) is 0 Å². The van der Waals surface area contributed by atoms with Crippen molar-refractivity contribution in [2.45, 2.75) is 0 Å². The van der Waals surface area contributed by atoms with Gasteiger partial charge < -0.3 is 5.73 Å². The van der Waals surface area contributed by atoms with E-state index in [4.69, 9.17) is 5.73 Å². The van der Waals surface area contributed by atoms with Gasteiger partial charge in [-0.15, -0.1) is 0 Å². The van der Waals surface area contributed by atoms with Gasteiger partial charge in [-0.25, -0.2) is 14.6 Å². The molecule has 2 rings (SSSR count). The average molecular weight is 161 g/mol. The third-order valence-electron chi connectivity index (χ3n) is 1.44. The molecule has 2 heterocycles. The molecule has 2 aromatic rings. The number of nitrogens with two attached hydrogens (primary N) is 1. The van der Waals surface area contributed by atoms with Crippen LogP contribution < -0.4 is 5.73 Å². The van der Waals surface area contributed by atoms with Gasteiger partial charge in [0.15, 0.2) is 5.82 Å². The lowest BCUT2D eigenvalue weighted by molar-refractivity contribution is 0.843. The number of nitrogen functional groups attached to an aromatic ring is 1. The predicted molar refractivity (Wildman–Crippen MR) is 43.6 cm³/mol. The zero-order valence-corrected chi connectivity index (χ0v) is 6.25. The molecule has 0 radical (unpaired) electrons. The lowest BCUT2D eigenvalue weighted by atomic mass is 10.5. The van der Waals surface area contributed by atoms with Crippen molar-refractivity contribution in [3.8, 4) is 5.82 Å². The van der Waals surface area contributed by atoms with Crippen LogP contribution in [-0.4, -0.2) is 19.7 Å². The van der Waals surface area contributed by atoms with Crippen molar-refractivity contribution in [1.29, 1.82) is 0 Å². The Morgan fingerprint density at radius 1 is 1.42 bits per heavy atom. The summed E-state index contributed by atoms with van der Waals surface area (Å²) in [5, 5.41) is 3.99. The van der Waals surface area contributed by atoms with Crippen LogP contribution in [0, 0.1) is 0 Å². The van der Waals surface area contributed by atoms with Crippen LogP contribution in [-0.2, 0) is 0 Å². The predicted octanol–water partition coefficient (Wildman–Crippen LogP) is 0.245. The zero-order valence-electron chi connectivity index (χ0n) is 6.25. The van der Waals surface area contributed by atoms with E-state index < -0.39 is 0 Å². The van der Waals surface area contributed by atoms with Crippen LogP contribution >= 0.6 is 0 Å². The molecule has 0 atom stereocenters. The van der Waals surface area contributed by atoms with Crippen LogP contribution in [0.3, 0.4) is 0 Å². The van der Waals surface area contributed by atoms with E-state index >= 15 is 0 Å². The van der Waals surface area contributed by atoms with E-state index in [1.165, 1.54) is 6.33 Å². The molecule has 60 valence electrons. The maximum Gasteiger partial charge on any atom is 0.179 e. The molecule has 2 N–H and O–H groups in total. The fourth-order valence-corrected chi connectivity index (χ4v) is 0.919. The smallest absolute Gasteiger partial charge is 0.179 e. The first-order chi connectivity index (χ1) is 5.88. The van der Waals surface area contributed by atoms with Crippen LogP contribution in [0.5, 0.6) is 0 Å². The number of hydrogen-bond acceptors (Lipinski definition) is 4. The number of anilines is 1. The third kappa shape index (κ3) is 1.01. The van der Waals surface area contributed by atoms with E-state index in [1.807, 2.05) is 6.07 Å². The second kappa shape index (κ2) is 2.61. The fourth-order valence-electron chi connectivity index (χ4n) is 0.919. The molecule has 12 heavy (non-hydrogen) atoms. The van der Waals surface area contributed by atoms with Gasteiger partial charge in [0.2, 0.25) is 0 Å². The van der Waals surface area contributed by atoms with Crippen molar-refractivity contribution in [2.75, 3.05) is 5.73 Å². The molecule has 0 bridgehead atoms. The highest BCUT2D eigenvalue weighted by Gasteiger charge is 2.00. The van der Waals surface area contributed by atoms with E-state index in [-0.39, 0.29) is 0 Å². The minimum atomic E-state index is 0.515. The summed E-state index contributed by atoms with van der Waals surface area (Å²) in [6, 6.07) is 1.81. The minimum absolute atomic E-state index is 0.515. The van der Waals surface area contributed by atoms with Crippen LogP contribution in [0.15, 0.2) is 31.0 Å². The highest BCUT2D eigenvalue weighted by molar-refractivity contribution is 5.49. The highest BCUT2D eigenvalue weighted by Crippen LogP contribution is 2.08. The van der Waals surface area contributed by atoms with Crippen molar-refractivity contribution in [2.24, 2.45) is 0 Å². The van der Waals surface area contributed by atoms with E-state index in [1.54, 1.807) is 23.3 Å². The summed E-state index contributed by atoms with van der Waals surface area (Å²) >= 11 is 0. The van der Waals surface area contributed by atoms with Gasteiger partial charge >= 0.3 is 0 Å². The van der Waals surface area contributed by atoms with Crippen molar-refractivity contribution < 1.29 is 0 Å². The van der Waals surface area contributed by atoms with Crippen molar-refractivity contribution in [1.82, 2.24) is 19.7 Å². The molecular formula is C7H7N5. The summed E-state index contributed by atoms with van der Waals surface area (Å²) in [7, 11) is 0. The number of aromatic nitrogens is 4. The number of rotatable bonds is 1. The molecule has 0 aromatic carbocycles. The Hall–Kier alpha value is -1.91. The summed E-state index contributed by atoms with van der Waals surface area (Å²) in [6.07, 6.45) is 6.43. The van der Waals surface area contributed by atoms with Crippen LogP contribution in [0.25, 0.3) is 5.82 Å². The van der Waals surface area contributed by atoms with Gasteiger partial charge in [0.05, 0.1) is 11.9 Å². The molecule has 0 aliphatic carbocycles. The Labute approximate surface area is 68.9 Å². The van der Waals surface area contributed by atoms with E-state index in [0.717, 1.165) is 0 Å². The zero-order chi connectivity index (χ0) is 8.39. The van der Waals surface area contributed by atoms with E-state index in [2.05, 4.69) is 15.1 Å². The van der Waals surface area contributed by atoms with Crippen LogP contribution in [0.1, 0.15) is 0 Å². The van der Waals surface area contributed by atoms with Gasteiger partial charge in [0, 0.05) is 12.4 Å². The molecule has 0 saturated carbocycles. The molecular weight excluding hydrogens is 154 g/mol. The standard InChI is InChI=1S/C7H7N5/c8-6-4-9-5-10-7(6)12-3-1-2-11-12/h1-5H,8H2. The van der Waals surface area contributed by atoms with Crippen molar-refractivity contribution in [3.05, 3.63) is 31.0 Å². The molecule has 0 unspecified atom stereocenters. The summed E-state index contributed by atoms with van der Waals surface area (Å²) in [5.74, 6) is 0.606. The number of hydrogen-bond donors (Lipinski definition) is 1. The SMILES string of the molecule is Nc1cncnc1-n1cccn1. The first-order valence-electron chi connectivity index (χ1n) is 3.43. The van der Waals surface area contributed by atoms with Gasteiger partial charge in [-0.1, -0.05) is 0 Å². The molecule has 0 fully saturated rings. The largest absolute Gasteiger partial charge is 0.394 e. The normalized spacial score (nSPS) is 10.0. The lowest BCUT2D eigenvalue weighted by Crippen LogP contribution is -2.03. The minimum Gasteiger partial charge on any atom is -0.394 e. The summed E-state index contributed by atoms with van der Waals surface area (Å²) in [6.45, 7) is 0.